The first kappa shape index (κ1) is 20.0. The lowest BCUT2D eigenvalue weighted by molar-refractivity contribution is -0.166. The molecule has 1 aliphatic rings. The molecule has 3 rings (SSSR count). The van der Waals surface area contributed by atoms with Gasteiger partial charge in [-0.05, 0) is 0 Å². The average Bonchev–Trinajstić information content (AvgIpc) is 3.16. The number of carbonyl (C=O) groups excluding carboxylic acids is 3. The predicted octanol–water partition coefficient (Wildman–Crippen LogP) is 0.804. The lowest BCUT2D eigenvalue weighted by Crippen LogP contribution is -2.40. The van der Waals surface area contributed by atoms with E-state index in [1.54, 1.807) is 0 Å². The van der Waals surface area contributed by atoms with Gasteiger partial charge in [0.15, 0.2) is 29.2 Å². The van der Waals surface area contributed by atoms with Crippen LogP contribution in [0.25, 0.3) is 11.2 Å². The molecule has 11 nitrogen and oxygen atoms in total. The maximum absolute atomic E-state index is 11.7. The van der Waals surface area contributed by atoms with Gasteiger partial charge in [-0.15, -0.1) is 0 Å². The molecule has 1 saturated heterocycles. The number of imidazole rings is 1. The van der Waals surface area contributed by atoms with Crippen LogP contribution in [-0.2, 0) is 33.3 Å². The van der Waals surface area contributed by atoms with Gasteiger partial charge in [0.25, 0.3) is 0 Å². The van der Waals surface area contributed by atoms with Crippen molar-refractivity contribution in [2.75, 3.05) is 6.61 Å². The third-order valence-corrected chi connectivity index (χ3v) is 4.21. The molecular weight excluding hydrogens is 396 g/mol. The van der Waals surface area contributed by atoms with Crippen LogP contribution >= 0.6 is 11.6 Å². The molecule has 0 radical (unpaired) electrons. The topological polar surface area (TPSA) is 132 Å². The second kappa shape index (κ2) is 8.07. The molecule has 2 aromatic rings. The van der Waals surface area contributed by atoms with Crippen molar-refractivity contribution in [2.24, 2.45) is 0 Å². The fraction of sp³-hybridized carbons (Fsp3) is 0.500. The summed E-state index contributed by atoms with van der Waals surface area (Å²) in [6.07, 6.45) is -1.24. The molecule has 2 aromatic heterocycles. The first-order chi connectivity index (χ1) is 13.3. The summed E-state index contributed by atoms with van der Waals surface area (Å²) in [4.78, 5) is 46.6. The summed E-state index contributed by atoms with van der Waals surface area (Å²) >= 11 is 6.03. The largest absolute Gasteiger partial charge is 0.463 e. The van der Waals surface area contributed by atoms with Gasteiger partial charge in [-0.3, -0.25) is 19.0 Å². The normalized spacial score (nSPS) is 24.1. The molecule has 1 fully saturated rings. The van der Waals surface area contributed by atoms with E-state index in [-0.39, 0.29) is 11.8 Å². The van der Waals surface area contributed by atoms with Gasteiger partial charge in [-0.2, -0.15) is 0 Å². The lowest BCUT2D eigenvalue weighted by atomic mass is 10.1. The Hall–Kier alpha value is -2.79. The highest BCUT2D eigenvalue weighted by molar-refractivity contribution is 6.33. The van der Waals surface area contributed by atoms with Crippen molar-refractivity contribution in [1.82, 2.24) is 19.5 Å². The van der Waals surface area contributed by atoms with Crippen LogP contribution in [0.15, 0.2) is 12.7 Å². The number of nitrogens with zero attached hydrogens (tertiary/aromatic N) is 4. The quantitative estimate of drug-likeness (QED) is 0.394. The highest BCUT2D eigenvalue weighted by Crippen LogP contribution is 2.36. The maximum atomic E-state index is 11.7. The Balaban J connectivity index is 2.01. The summed E-state index contributed by atoms with van der Waals surface area (Å²) in [5, 5.41) is 0.138. The number of fused-ring (bicyclic) bond motifs is 1. The summed E-state index contributed by atoms with van der Waals surface area (Å²) in [7, 11) is 0. The molecule has 1 aliphatic heterocycles. The molecule has 0 saturated carbocycles. The molecule has 0 aliphatic carbocycles. The number of ether oxygens (including phenoxy) is 4. The van der Waals surface area contributed by atoms with Crippen LogP contribution in [0.4, 0.5) is 0 Å². The zero-order valence-electron chi connectivity index (χ0n) is 15.2. The van der Waals surface area contributed by atoms with Gasteiger partial charge in [0, 0.05) is 20.8 Å². The molecule has 0 aromatic carbocycles. The molecule has 0 unspecified atom stereocenters. The van der Waals surface area contributed by atoms with Crippen molar-refractivity contribution >= 4 is 40.7 Å². The zero-order valence-corrected chi connectivity index (χ0v) is 16.0. The molecule has 150 valence electrons. The number of aromatic nitrogens is 4. The van der Waals surface area contributed by atoms with Crippen molar-refractivity contribution in [1.29, 1.82) is 0 Å². The molecule has 12 heteroatoms. The molecule has 28 heavy (non-hydrogen) atoms. The number of carbonyl (C=O) groups is 3. The minimum atomic E-state index is -1.03. The molecular formula is C16H17ClN4O7. The molecule has 0 amide bonds. The summed E-state index contributed by atoms with van der Waals surface area (Å²) in [5.74, 6) is -1.76. The van der Waals surface area contributed by atoms with Crippen molar-refractivity contribution in [3.05, 3.63) is 17.8 Å². The van der Waals surface area contributed by atoms with Crippen LogP contribution in [0.1, 0.15) is 27.0 Å². The Morgan fingerprint density at radius 1 is 1.07 bits per heavy atom. The van der Waals surface area contributed by atoms with Crippen LogP contribution in [-0.4, -0.2) is 62.3 Å². The Bertz CT molecular complexity index is 918. The van der Waals surface area contributed by atoms with Crippen molar-refractivity contribution in [3.8, 4) is 0 Å². The fourth-order valence-electron chi connectivity index (χ4n) is 2.93. The van der Waals surface area contributed by atoms with E-state index in [4.69, 9.17) is 30.5 Å². The van der Waals surface area contributed by atoms with Gasteiger partial charge in [0.1, 0.15) is 24.6 Å². The van der Waals surface area contributed by atoms with Crippen molar-refractivity contribution < 1.29 is 33.3 Å². The highest BCUT2D eigenvalue weighted by Gasteiger charge is 2.51. The van der Waals surface area contributed by atoms with Gasteiger partial charge in [-0.1, -0.05) is 11.6 Å². The highest BCUT2D eigenvalue weighted by atomic mass is 35.5. The number of hydrogen-bond donors (Lipinski definition) is 0. The number of halogens is 1. The van der Waals surface area contributed by atoms with E-state index in [1.165, 1.54) is 38.0 Å². The van der Waals surface area contributed by atoms with Crippen molar-refractivity contribution in [3.63, 3.8) is 0 Å². The molecule has 0 N–H and O–H groups in total. The van der Waals surface area contributed by atoms with Crippen LogP contribution in [0.2, 0.25) is 5.15 Å². The minimum absolute atomic E-state index is 0.138. The van der Waals surface area contributed by atoms with Gasteiger partial charge in [-0.25, -0.2) is 15.0 Å². The Labute approximate surface area is 163 Å². The predicted molar refractivity (Wildman–Crippen MR) is 92.0 cm³/mol. The van der Waals surface area contributed by atoms with Crippen LogP contribution in [0.3, 0.4) is 0 Å². The minimum Gasteiger partial charge on any atom is -0.463 e. The summed E-state index contributed by atoms with van der Waals surface area (Å²) in [6.45, 7) is 3.45. The third-order valence-electron chi connectivity index (χ3n) is 3.93. The van der Waals surface area contributed by atoms with Gasteiger partial charge in [0.05, 0.1) is 6.33 Å². The van der Waals surface area contributed by atoms with E-state index in [1.807, 2.05) is 0 Å². The number of rotatable bonds is 5. The Kier molecular flexibility index (Phi) is 5.75. The van der Waals surface area contributed by atoms with Gasteiger partial charge in [0.2, 0.25) is 0 Å². The lowest BCUT2D eigenvalue weighted by Gasteiger charge is -2.23. The van der Waals surface area contributed by atoms with E-state index >= 15 is 0 Å². The monoisotopic (exact) mass is 412 g/mol. The van der Waals surface area contributed by atoms with E-state index < -0.39 is 42.4 Å². The Morgan fingerprint density at radius 3 is 2.39 bits per heavy atom. The van der Waals surface area contributed by atoms with Crippen molar-refractivity contribution in [2.45, 2.75) is 45.3 Å². The number of esters is 3. The number of hydrogen-bond acceptors (Lipinski definition) is 10. The zero-order chi connectivity index (χ0) is 20.4. The van der Waals surface area contributed by atoms with Gasteiger partial charge >= 0.3 is 17.9 Å². The SMILES string of the molecule is CC(=O)OC[C@H]1O[C@H](n2cnc3c(Cl)ncnc32)[C@H](OC(C)=O)[C@@H]1OC(C)=O. The van der Waals surface area contributed by atoms with Gasteiger partial charge < -0.3 is 18.9 Å². The molecule has 3 heterocycles. The summed E-state index contributed by atoms with van der Waals surface area (Å²) in [5.41, 5.74) is 0.652. The summed E-state index contributed by atoms with van der Waals surface area (Å²) in [6, 6.07) is 0. The summed E-state index contributed by atoms with van der Waals surface area (Å²) < 4.78 is 23.1. The second-order valence-electron chi connectivity index (χ2n) is 6.00. The molecule has 0 bridgehead atoms. The van der Waals surface area contributed by atoms with E-state index in [9.17, 15) is 14.4 Å². The molecule has 4 atom stereocenters. The maximum Gasteiger partial charge on any atom is 0.303 e. The third kappa shape index (κ3) is 4.04. The van der Waals surface area contributed by atoms with Crippen LogP contribution in [0, 0.1) is 0 Å². The standard InChI is InChI=1S/C16H17ClN4O7/c1-7(22)25-4-10-12(26-8(2)23)13(27-9(3)24)16(28-10)21-6-20-11-14(17)18-5-19-15(11)21/h5-6,10,12-13,16H,4H2,1-3H3/t10-,12-,13-,16+/m1/s1. The van der Waals surface area contributed by atoms with Crippen LogP contribution < -0.4 is 0 Å². The van der Waals surface area contributed by atoms with E-state index in [0.717, 1.165) is 0 Å². The first-order valence-corrected chi connectivity index (χ1v) is 8.62. The average molecular weight is 413 g/mol. The van der Waals surface area contributed by atoms with Crippen LogP contribution in [0.5, 0.6) is 0 Å². The van der Waals surface area contributed by atoms with E-state index in [0.29, 0.717) is 11.2 Å². The second-order valence-corrected chi connectivity index (χ2v) is 6.36. The van der Waals surface area contributed by atoms with E-state index in [2.05, 4.69) is 15.0 Å². The smallest absolute Gasteiger partial charge is 0.303 e. The first-order valence-electron chi connectivity index (χ1n) is 8.24. The Morgan fingerprint density at radius 2 is 1.75 bits per heavy atom. The molecule has 0 spiro atoms. The fourth-order valence-corrected chi connectivity index (χ4v) is 3.10.